The van der Waals surface area contributed by atoms with Crippen LogP contribution in [-0.2, 0) is 22.7 Å². The molecular weight excluding hydrogens is 474 g/mol. The van der Waals surface area contributed by atoms with E-state index in [1.54, 1.807) is 16.2 Å². The van der Waals surface area contributed by atoms with Crippen LogP contribution in [0.25, 0.3) is 0 Å². The molecule has 2 aliphatic rings. The lowest BCUT2D eigenvalue weighted by Crippen LogP contribution is -2.45. The molecule has 0 bridgehead atoms. The molecule has 7 nitrogen and oxygen atoms in total. The first-order valence-electron chi connectivity index (χ1n) is 12.9. The summed E-state index contributed by atoms with van der Waals surface area (Å²) in [7, 11) is 0. The Bertz CT molecular complexity index is 1060. The predicted molar refractivity (Wildman–Crippen MR) is 142 cm³/mol. The van der Waals surface area contributed by atoms with E-state index in [4.69, 9.17) is 9.47 Å². The van der Waals surface area contributed by atoms with Crippen molar-refractivity contribution < 1.29 is 19.1 Å². The molecule has 0 unspecified atom stereocenters. The Balaban J connectivity index is 1.50. The van der Waals surface area contributed by atoms with Crippen LogP contribution in [0.15, 0.2) is 29.6 Å². The summed E-state index contributed by atoms with van der Waals surface area (Å²) in [5.41, 5.74) is 2.02. The molecule has 1 saturated heterocycles. The standard InChI is InChI=1S/C28H39N3O4S/c1-21-9-14-36-25(21)18-31(17-22-7-8-23-24(15-22)35-20-34-23)27(33)19-30(26(32)16-28(2,3)4)13-12-29-10-5-6-11-29/h7-9,14-15H,5-6,10-13,16-20H2,1-4H3. The molecule has 8 heteroatoms. The maximum atomic E-state index is 13.8. The van der Waals surface area contributed by atoms with E-state index < -0.39 is 0 Å². The van der Waals surface area contributed by atoms with Crippen LogP contribution in [0.1, 0.15) is 56.0 Å². The molecule has 0 spiro atoms. The van der Waals surface area contributed by atoms with E-state index in [2.05, 4.69) is 44.0 Å². The SMILES string of the molecule is Cc1ccsc1CN(Cc1ccc2c(c1)OCO2)C(=O)CN(CCN1CCCC1)C(=O)CC(C)(C)C. The summed E-state index contributed by atoms with van der Waals surface area (Å²) in [5.74, 6) is 1.45. The van der Waals surface area contributed by atoms with E-state index in [0.717, 1.165) is 35.8 Å². The van der Waals surface area contributed by atoms with Crippen molar-refractivity contribution >= 4 is 23.2 Å². The molecule has 4 rings (SSSR count). The molecular formula is C28H39N3O4S. The molecule has 2 aromatic rings. The van der Waals surface area contributed by atoms with Gasteiger partial charge < -0.3 is 24.2 Å². The lowest BCUT2D eigenvalue weighted by Gasteiger charge is -2.31. The third kappa shape index (κ3) is 7.23. The van der Waals surface area contributed by atoms with E-state index in [1.165, 1.54) is 18.4 Å². The monoisotopic (exact) mass is 513 g/mol. The van der Waals surface area contributed by atoms with Crippen LogP contribution >= 0.6 is 11.3 Å². The van der Waals surface area contributed by atoms with Gasteiger partial charge >= 0.3 is 0 Å². The Kier molecular flexibility index (Phi) is 8.57. The van der Waals surface area contributed by atoms with E-state index in [9.17, 15) is 9.59 Å². The van der Waals surface area contributed by atoms with Gasteiger partial charge in [-0.1, -0.05) is 26.8 Å². The molecule has 36 heavy (non-hydrogen) atoms. The zero-order chi connectivity index (χ0) is 25.7. The molecule has 0 N–H and O–H groups in total. The first kappa shape index (κ1) is 26.5. The van der Waals surface area contributed by atoms with Gasteiger partial charge in [0.15, 0.2) is 11.5 Å². The van der Waals surface area contributed by atoms with Crippen LogP contribution in [0, 0.1) is 12.3 Å². The van der Waals surface area contributed by atoms with Crippen molar-refractivity contribution in [3.8, 4) is 11.5 Å². The Morgan fingerprint density at radius 3 is 2.44 bits per heavy atom. The second-order valence-electron chi connectivity index (χ2n) is 11.1. The second kappa shape index (κ2) is 11.6. The Labute approximate surface area is 219 Å². The number of ether oxygens (including phenoxy) is 2. The topological polar surface area (TPSA) is 62.3 Å². The second-order valence-corrected chi connectivity index (χ2v) is 12.1. The average Bonchev–Trinajstić information content (AvgIpc) is 3.57. The van der Waals surface area contributed by atoms with Crippen molar-refractivity contribution in [3.63, 3.8) is 0 Å². The predicted octanol–water partition coefficient (Wildman–Crippen LogP) is 4.67. The van der Waals surface area contributed by atoms with Gasteiger partial charge in [0.05, 0.1) is 13.1 Å². The summed E-state index contributed by atoms with van der Waals surface area (Å²) in [4.78, 5) is 34.2. The first-order valence-corrected chi connectivity index (χ1v) is 13.8. The van der Waals surface area contributed by atoms with Crippen molar-refractivity contribution in [2.45, 2.75) is 60.0 Å². The maximum absolute atomic E-state index is 13.8. The van der Waals surface area contributed by atoms with Crippen LogP contribution in [0.2, 0.25) is 0 Å². The molecule has 0 atom stereocenters. The number of benzene rings is 1. The summed E-state index contributed by atoms with van der Waals surface area (Å²) in [6.45, 7) is 13.1. The Morgan fingerprint density at radius 2 is 1.75 bits per heavy atom. The lowest BCUT2D eigenvalue weighted by atomic mass is 9.91. The number of amides is 2. The molecule has 2 aliphatic heterocycles. The third-order valence-corrected chi connectivity index (χ3v) is 7.72. The number of aryl methyl sites for hydroxylation is 1. The molecule has 1 aromatic heterocycles. The smallest absolute Gasteiger partial charge is 0.242 e. The number of thiophene rings is 1. The molecule has 0 aliphatic carbocycles. The van der Waals surface area contributed by atoms with Gasteiger partial charge in [-0.15, -0.1) is 11.3 Å². The van der Waals surface area contributed by atoms with Crippen LogP contribution < -0.4 is 9.47 Å². The highest BCUT2D eigenvalue weighted by atomic mass is 32.1. The van der Waals surface area contributed by atoms with Gasteiger partial charge in [-0.25, -0.2) is 0 Å². The van der Waals surface area contributed by atoms with E-state index in [1.807, 2.05) is 23.1 Å². The van der Waals surface area contributed by atoms with Crippen molar-refractivity contribution in [2.75, 3.05) is 39.5 Å². The van der Waals surface area contributed by atoms with Crippen LogP contribution in [0.4, 0.5) is 0 Å². The summed E-state index contributed by atoms with van der Waals surface area (Å²) in [6, 6.07) is 7.90. The van der Waals surface area contributed by atoms with E-state index in [0.29, 0.717) is 31.8 Å². The number of likely N-dealkylation sites (tertiary alicyclic amines) is 1. The average molecular weight is 514 g/mol. The number of carbonyl (C=O) groups is 2. The largest absolute Gasteiger partial charge is 0.454 e. The van der Waals surface area contributed by atoms with E-state index in [-0.39, 0.29) is 30.6 Å². The summed E-state index contributed by atoms with van der Waals surface area (Å²) in [5, 5.41) is 2.06. The van der Waals surface area contributed by atoms with Crippen molar-refractivity contribution in [3.05, 3.63) is 45.6 Å². The zero-order valence-electron chi connectivity index (χ0n) is 22.0. The molecule has 3 heterocycles. The number of fused-ring (bicyclic) bond motifs is 1. The summed E-state index contributed by atoms with van der Waals surface area (Å²) in [6.07, 6.45) is 2.84. The van der Waals surface area contributed by atoms with Gasteiger partial charge in [-0.2, -0.15) is 0 Å². The van der Waals surface area contributed by atoms with Crippen LogP contribution in [0.3, 0.4) is 0 Å². The fourth-order valence-corrected chi connectivity index (χ4v) is 5.54. The molecule has 0 radical (unpaired) electrons. The van der Waals surface area contributed by atoms with Gasteiger partial charge in [0.1, 0.15) is 0 Å². The minimum absolute atomic E-state index is 0.0378. The minimum atomic E-state index is -0.133. The summed E-state index contributed by atoms with van der Waals surface area (Å²) < 4.78 is 11.0. The lowest BCUT2D eigenvalue weighted by molar-refractivity contribution is -0.142. The fraction of sp³-hybridized carbons (Fsp3) is 0.571. The number of nitrogens with zero attached hydrogens (tertiary/aromatic N) is 3. The van der Waals surface area contributed by atoms with Gasteiger partial charge in [0, 0.05) is 30.9 Å². The molecule has 2 amide bonds. The van der Waals surface area contributed by atoms with Gasteiger partial charge in [-0.3, -0.25) is 9.59 Å². The molecule has 1 aromatic carbocycles. The normalized spacial score (nSPS) is 15.3. The van der Waals surface area contributed by atoms with Crippen LogP contribution in [-0.4, -0.2) is 66.0 Å². The fourth-order valence-electron chi connectivity index (χ4n) is 4.62. The van der Waals surface area contributed by atoms with Crippen molar-refractivity contribution in [1.29, 1.82) is 0 Å². The maximum Gasteiger partial charge on any atom is 0.242 e. The highest BCUT2D eigenvalue weighted by Gasteiger charge is 2.27. The van der Waals surface area contributed by atoms with Gasteiger partial charge in [-0.05, 0) is 73.0 Å². The molecule has 1 fully saturated rings. The third-order valence-electron chi connectivity index (χ3n) is 6.71. The number of rotatable bonds is 10. The first-order chi connectivity index (χ1) is 17.2. The minimum Gasteiger partial charge on any atom is -0.454 e. The number of hydrogen-bond donors (Lipinski definition) is 0. The number of hydrogen-bond acceptors (Lipinski definition) is 6. The number of carbonyl (C=O) groups excluding carboxylic acids is 2. The van der Waals surface area contributed by atoms with Gasteiger partial charge in [0.2, 0.25) is 18.6 Å². The summed E-state index contributed by atoms with van der Waals surface area (Å²) >= 11 is 1.66. The van der Waals surface area contributed by atoms with Gasteiger partial charge in [0.25, 0.3) is 0 Å². The van der Waals surface area contributed by atoms with Crippen molar-refractivity contribution in [2.24, 2.45) is 5.41 Å². The highest BCUT2D eigenvalue weighted by molar-refractivity contribution is 7.10. The Morgan fingerprint density at radius 1 is 1.00 bits per heavy atom. The zero-order valence-corrected chi connectivity index (χ0v) is 22.9. The quantitative estimate of drug-likeness (QED) is 0.462. The highest BCUT2D eigenvalue weighted by Crippen LogP contribution is 2.33. The van der Waals surface area contributed by atoms with Crippen molar-refractivity contribution in [1.82, 2.24) is 14.7 Å². The molecule has 196 valence electrons. The molecule has 0 saturated carbocycles. The van der Waals surface area contributed by atoms with E-state index >= 15 is 0 Å². The van der Waals surface area contributed by atoms with Crippen LogP contribution in [0.5, 0.6) is 11.5 Å². The Hall–Kier alpha value is -2.58.